The van der Waals surface area contributed by atoms with Gasteiger partial charge in [0.15, 0.2) is 0 Å². The summed E-state index contributed by atoms with van der Waals surface area (Å²) in [5, 5.41) is 18.7. The number of nitrogens with zero attached hydrogens (tertiary/aromatic N) is 3. The van der Waals surface area contributed by atoms with Gasteiger partial charge < -0.3 is 14.7 Å². The van der Waals surface area contributed by atoms with Crippen molar-refractivity contribution in [3.05, 3.63) is 29.3 Å². The summed E-state index contributed by atoms with van der Waals surface area (Å²) in [7, 11) is 3.51. The third-order valence-electron chi connectivity index (χ3n) is 2.27. The first-order valence-corrected chi connectivity index (χ1v) is 5.87. The summed E-state index contributed by atoms with van der Waals surface area (Å²) in [5.41, 5.74) is 0.930. The Kier molecular flexibility index (Phi) is 3.43. The number of aromatic hydroxyl groups is 1. The Morgan fingerprint density at radius 1 is 1.41 bits per heavy atom. The zero-order chi connectivity index (χ0) is 12.3. The van der Waals surface area contributed by atoms with Gasteiger partial charge in [0.05, 0.1) is 13.7 Å². The highest BCUT2D eigenvalue weighted by atomic mass is 32.1. The van der Waals surface area contributed by atoms with Crippen LogP contribution in [0.25, 0.3) is 0 Å². The molecule has 0 saturated carbocycles. The minimum absolute atomic E-state index is 0.254. The highest BCUT2D eigenvalue weighted by molar-refractivity contribution is 7.13. The lowest BCUT2D eigenvalue weighted by molar-refractivity contribution is 0.407. The molecular weight excluding hydrogens is 238 g/mol. The van der Waals surface area contributed by atoms with E-state index in [0.29, 0.717) is 11.7 Å². The molecule has 1 aromatic heterocycles. The summed E-state index contributed by atoms with van der Waals surface area (Å²) < 4.78 is 4.99. The summed E-state index contributed by atoms with van der Waals surface area (Å²) >= 11 is 1.41. The molecule has 90 valence electrons. The number of methoxy groups -OCH3 is 1. The first kappa shape index (κ1) is 11.7. The van der Waals surface area contributed by atoms with Crippen LogP contribution in [0.3, 0.4) is 0 Å². The first-order valence-electron chi connectivity index (χ1n) is 5.05. The topological polar surface area (TPSA) is 58.5 Å². The Labute approximate surface area is 103 Å². The smallest absolute Gasteiger partial charge is 0.293 e. The quantitative estimate of drug-likeness (QED) is 0.899. The van der Waals surface area contributed by atoms with Gasteiger partial charge in [-0.15, -0.1) is 10.2 Å². The van der Waals surface area contributed by atoms with Crippen LogP contribution in [-0.2, 0) is 6.54 Å². The molecule has 17 heavy (non-hydrogen) atoms. The molecule has 0 aliphatic carbocycles. The van der Waals surface area contributed by atoms with Crippen LogP contribution in [-0.4, -0.2) is 29.5 Å². The molecule has 5 nitrogen and oxygen atoms in total. The number of aromatic nitrogens is 2. The number of rotatable bonds is 4. The van der Waals surface area contributed by atoms with Crippen molar-refractivity contribution in [2.75, 3.05) is 19.1 Å². The SMILES string of the molecule is COc1nnc(CN(C)c2cccc(O)c2)s1. The van der Waals surface area contributed by atoms with Crippen LogP contribution in [0.2, 0.25) is 0 Å². The average Bonchev–Trinajstić information content (AvgIpc) is 2.77. The monoisotopic (exact) mass is 251 g/mol. The number of ether oxygens (including phenoxy) is 1. The Bertz CT molecular complexity index is 501. The van der Waals surface area contributed by atoms with Gasteiger partial charge in [0.2, 0.25) is 0 Å². The van der Waals surface area contributed by atoms with Crippen molar-refractivity contribution in [2.24, 2.45) is 0 Å². The van der Waals surface area contributed by atoms with E-state index in [-0.39, 0.29) is 5.75 Å². The Morgan fingerprint density at radius 3 is 2.88 bits per heavy atom. The number of anilines is 1. The van der Waals surface area contributed by atoms with Crippen molar-refractivity contribution < 1.29 is 9.84 Å². The molecule has 0 aliphatic rings. The van der Waals surface area contributed by atoms with Crippen LogP contribution < -0.4 is 9.64 Å². The molecule has 0 amide bonds. The molecule has 2 aromatic rings. The maximum absolute atomic E-state index is 9.40. The molecule has 0 saturated heterocycles. The molecule has 0 atom stereocenters. The van der Waals surface area contributed by atoms with E-state index in [1.807, 2.05) is 24.1 Å². The van der Waals surface area contributed by atoms with Crippen LogP contribution in [0, 0.1) is 0 Å². The van der Waals surface area contributed by atoms with Crippen molar-refractivity contribution in [1.29, 1.82) is 0 Å². The second-order valence-electron chi connectivity index (χ2n) is 3.54. The summed E-state index contributed by atoms with van der Waals surface area (Å²) in [6.45, 7) is 0.629. The van der Waals surface area contributed by atoms with Gasteiger partial charge in [-0.2, -0.15) is 0 Å². The highest BCUT2D eigenvalue weighted by Gasteiger charge is 2.08. The van der Waals surface area contributed by atoms with Gasteiger partial charge >= 0.3 is 0 Å². The first-order chi connectivity index (χ1) is 8.19. The van der Waals surface area contributed by atoms with Crippen molar-refractivity contribution in [2.45, 2.75) is 6.54 Å². The van der Waals surface area contributed by atoms with Crippen molar-refractivity contribution >= 4 is 17.0 Å². The van der Waals surface area contributed by atoms with E-state index in [1.165, 1.54) is 11.3 Å². The minimum atomic E-state index is 0.254. The molecule has 0 unspecified atom stereocenters. The van der Waals surface area contributed by atoms with Gasteiger partial charge in [0, 0.05) is 18.8 Å². The number of hydrogen-bond acceptors (Lipinski definition) is 6. The summed E-state index contributed by atoms with van der Waals surface area (Å²) in [6.07, 6.45) is 0. The molecule has 2 rings (SSSR count). The maximum Gasteiger partial charge on any atom is 0.293 e. The van der Waals surface area contributed by atoms with E-state index in [4.69, 9.17) is 4.74 Å². The van der Waals surface area contributed by atoms with Crippen LogP contribution in [0.15, 0.2) is 24.3 Å². The van der Waals surface area contributed by atoms with Gasteiger partial charge in [0.25, 0.3) is 5.19 Å². The largest absolute Gasteiger partial charge is 0.508 e. The predicted octanol–water partition coefficient (Wildman–Crippen LogP) is 1.89. The fourth-order valence-electron chi connectivity index (χ4n) is 1.41. The van der Waals surface area contributed by atoms with Crippen LogP contribution in [0.5, 0.6) is 10.9 Å². The Morgan fingerprint density at radius 2 is 2.24 bits per heavy atom. The Hall–Kier alpha value is -1.82. The Balaban J connectivity index is 2.08. The summed E-state index contributed by atoms with van der Waals surface area (Å²) in [6, 6.07) is 7.09. The number of benzene rings is 1. The summed E-state index contributed by atoms with van der Waals surface area (Å²) in [5.74, 6) is 0.254. The fraction of sp³-hybridized carbons (Fsp3) is 0.273. The lowest BCUT2D eigenvalue weighted by atomic mass is 10.3. The molecule has 1 N–H and O–H groups in total. The lowest BCUT2D eigenvalue weighted by Gasteiger charge is -2.17. The van der Waals surface area contributed by atoms with Crippen LogP contribution in [0.1, 0.15) is 5.01 Å². The van der Waals surface area contributed by atoms with E-state index < -0.39 is 0 Å². The molecular formula is C11H13N3O2S. The van der Waals surface area contributed by atoms with Gasteiger partial charge in [-0.25, -0.2) is 0 Å². The lowest BCUT2D eigenvalue weighted by Crippen LogP contribution is -2.15. The zero-order valence-electron chi connectivity index (χ0n) is 9.62. The number of phenolic OH excluding ortho intramolecular Hbond substituents is 1. The molecule has 0 aliphatic heterocycles. The van der Waals surface area contributed by atoms with Gasteiger partial charge in [-0.1, -0.05) is 17.4 Å². The highest BCUT2D eigenvalue weighted by Crippen LogP contribution is 2.23. The maximum atomic E-state index is 9.40. The minimum Gasteiger partial charge on any atom is -0.508 e. The number of phenols is 1. The molecule has 0 bridgehead atoms. The van der Waals surface area contributed by atoms with Gasteiger partial charge in [-0.3, -0.25) is 0 Å². The van der Waals surface area contributed by atoms with Crippen LogP contribution >= 0.6 is 11.3 Å². The zero-order valence-corrected chi connectivity index (χ0v) is 10.4. The van der Waals surface area contributed by atoms with Crippen molar-refractivity contribution in [3.8, 4) is 10.9 Å². The average molecular weight is 251 g/mol. The molecule has 0 radical (unpaired) electrons. The molecule has 0 fully saturated rings. The van der Waals surface area contributed by atoms with E-state index in [2.05, 4.69) is 10.2 Å². The van der Waals surface area contributed by atoms with Gasteiger partial charge in [0.1, 0.15) is 10.8 Å². The van der Waals surface area contributed by atoms with E-state index in [0.717, 1.165) is 10.7 Å². The van der Waals surface area contributed by atoms with E-state index in [9.17, 15) is 5.11 Å². The normalized spacial score (nSPS) is 10.2. The third kappa shape index (κ3) is 2.85. The molecule has 1 heterocycles. The van der Waals surface area contributed by atoms with Gasteiger partial charge in [-0.05, 0) is 12.1 Å². The third-order valence-corrected chi connectivity index (χ3v) is 3.14. The van der Waals surface area contributed by atoms with Crippen LogP contribution in [0.4, 0.5) is 5.69 Å². The summed E-state index contributed by atoms with van der Waals surface area (Å²) in [4.78, 5) is 1.99. The second kappa shape index (κ2) is 5.01. The van der Waals surface area contributed by atoms with E-state index in [1.54, 1.807) is 19.2 Å². The number of hydrogen-bond donors (Lipinski definition) is 1. The van der Waals surface area contributed by atoms with Crippen molar-refractivity contribution in [3.63, 3.8) is 0 Å². The predicted molar refractivity (Wildman–Crippen MR) is 66.7 cm³/mol. The van der Waals surface area contributed by atoms with Crippen molar-refractivity contribution in [1.82, 2.24) is 10.2 Å². The molecule has 1 aromatic carbocycles. The standard InChI is InChI=1S/C11H13N3O2S/c1-14(8-4-3-5-9(15)6-8)7-10-12-13-11(16-2)17-10/h3-6,15H,7H2,1-2H3. The van der Waals surface area contributed by atoms with E-state index >= 15 is 0 Å². The fourth-order valence-corrected chi connectivity index (χ4v) is 2.12. The molecule has 0 spiro atoms. The second-order valence-corrected chi connectivity index (χ2v) is 4.57. The molecule has 6 heteroatoms.